The average Bonchev–Trinajstić information content (AvgIpc) is 2.55. The number of rotatable bonds is 6. The predicted molar refractivity (Wildman–Crippen MR) is 91.1 cm³/mol. The molecule has 3 nitrogen and oxygen atoms in total. The molecule has 0 unspecified atom stereocenters. The van der Waals surface area contributed by atoms with Crippen molar-refractivity contribution in [3.8, 4) is 5.75 Å². The third kappa shape index (κ3) is 4.77. The molecule has 0 aliphatic carbocycles. The molecule has 0 aliphatic heterocycles. The smallest absolute Gasteiger partial charge is 0.248 e. The van der Waals surface area contributed by atoms with Gasteiger partial charge in [0.15, 0.2) is 0 Å². The van der Waals surface area contributed by atoms with Crippen molar-refractivity contribution in [3.05, 3.63) is 65.7 Å². The third-order valence-electron chi connectivity index (χ3n) is 3.25. The van der Waals surface area contributed by atoms with Crippen LogP contribution < -0.4 is 10.1 Å². The van der Waals surface area contributed by atoms with E-state index >= 15 is 0 Å². The number of carbonyl (C=O) groups is 1. The van der Waals surface area contributed by atoms with E-state index in [0.717, 1.165) is 23.4 Å². The van der Waals surface area contributed by atoms with Crippen LogP contribution in [0.3, 0.4) is 0 Å². The number of anilines is 1. The van der Waals surface area contributed by atoms with Crippen LogP contribution in [0.15, 0.2) is 54.6 Å². The number of nitrogens with one attached hydrogen (secondary N) is 1. The van der Waals surface area contributed by atoms with Crippen molar-refractivity contribution >= 4 is 17.7 Å². The highest BCUT2D eigenvalue weighted by atomic mass is 16.5. The Balaban J connectivity index is 1.92. The van der Waals surface area contributed by atoms with Gasteiger partial charge in [0.25, 0.3) is 0 Å². The zero-order chi connectivity index (χ0) is 15.8. The molecule has 22 heavy (non-hydrogen) atoms. The van der Waals surface area contributed by atoms with Crippen molar-refractivity contribution in [2.45, 2.75) is 20.3 Å². The van der Waals surface area contributed by atoms with Gasteiger partial charge in [0.2, 0.25) is 5.91 Å². The second-order valence-electron chi connectivity index (χ2n) is 4.88. The van der Waals surface area contributed by atoms with Crippen LogP contribution in [0.2, 0.25) is 0 Å². The second-order valence-corrected chi connectivity index (χ2v) is 4.88. The Bertz CT molecular complexity index is 627. The first-order valence-corrected chi connectivity index (χ1v) is 7.52. The zero-order valence-electron chi connectivity index (χ0n) is 13.0. The minimum Gasteiger partial charge on any atom is -0.494 e. The molecule has 0 aromatic heterocycles. The van der Waals surface area contributed by atoms with Crippen molar-refractivity contribution in [2.24, 2.45) is 0 Å². The average molecular weight is 295 g/mol. The Kier molecular flexibility index (Phi) is 5.78. The Labute approximate surface area is 131 Å². The first kappa shape index (κ1) is 15.8. The normalized spacial score (nSPS) is 10.6. The summed E-state index contributed by atoms with van der Waals surface area (Å²) in [5.41, 5.74) is 3.02. The van der Waals surface area contributed by atoms with Gasteiger partial charge in [-0.3, -0.25) is 4.79 Å². The lowest BCUT2D eigenvalue weighted by molar-refractivity contribution is -0.111. The second kappa shape index (κ2) is 8.03. The van der Waals surface area contributed by atoms with Crippen LogP contribution in [0, 0.1) is 0 Å². The van der Waals surface area contributed by atoms with E-state index in [0.29, 0.717) is 6.61 Å². The van der Waals surface area contributed by atoms with Crippen LogP contribution in [-0.2, 0) is 11.2 Å². The molecule has 0 atom stereocenters. The van der Waals surface area contributed by atoms with E-state index in [2.05, 4.69) is 12.2 Å². The summed E-state index contributed by atoms with van der Waals surface area (Å²) < 4.78 is 5.38. The van der Waals surface area contributed by atoms with E-state index in [9.17, 15) is 4.79 Å². The van der Waals surface area contributed by atoms with E-state index in [1.807, 2.05) is 55.5 Å². The fraction of sp³-hybridized carbons (Fsp3) is 0.211. The Morgan fingerprint density at radius 1 is 1.05 bits per heavy atom. The number of benzene rings is 2. The first-order chi connectivity index (χ1) is 10.7. The number of hydrogen-bond acceptors (Lipinski definition) is 2. The summed E-state index contributed by atoms with van der Waals surface area (Å²) in [6, 6.07) is 15.5. The van der Waals surface area contributed by atoms with Crippen molar-refractivity contribution in [3.63, 3.8) is 0 Å². The van der Waals surface area contributed by atoms with Crippen LogP contribution >= 0.6 is 0 Å². The maximum absolute atomic E-state index is 11.9. The molecule has 0 bridgehead atoms. The van der Waals surface area contributed by atoms with Crippen LogP contribution in [0.1, 0.15) is 25.0 Å². The van der Waals surface area contributed by atoms with E-state index in [4.69, 9.17) is 4.74 Å². The van der Waals surface area contributed by atoms with Gasteiger partial charge in [0.05, 0.1) is 6.61 Å². The zero-order valence-corrected chi connectivity index (χ0v) is 13.0. The molecule has 0 spiro atoms. The van der Waals surface area contributed by atoms with Gasteiger partial charge in [0, 0.05) is 11.8 Å². The fourth-order valence-electron chi connectivity index (χ4n) is 2.02. The van der Waals surface area contributed by atoms with Gasteiger partial charge in [-0.05, 0) is 54.8 Å². The Morgan fingerprint density at radius 3 is 2.32 bits per heavy atom. The van der Waals surface area contributed by atoms with Crippen LogP contribution in [0.4, 0.5) is 5.69 Å². The van der Waals surface area contributed by atoms with Crippen molar-refractivity contribution in [1.82, 2.24) is 0 Å². The molecule has 0 radical (unpaired) electrons. The predicted octanol–water partition coefficient (Wildman–Crippen LogP) is 4.30. The standard InChI is InChI=1S/C19H21NO2/c1-3-15-5-10-17(11-6-15)20-19(21)14-9-16-7-12-18(13-8-16)22-4-2/h5-14H,3-4H2,1-2H3,(H,20,21). The summed E-state index contributed by atoms with van der Waals surface area (Å²) in [5, 5.41) is 2.84. The molecule has 2 aromatic carbocycles. The summed E-state index contributed by atoms with van der Waals surface area (Å²) in [6.45, 7) is 4.70. The highest BCUT2D eigenvalue weighted by molar-refractivity contribution is 6.01. The van der Waals surface area contributed by atoms with Gasteiger partial charge in [-0.1, -0.05) is 31.2 Å². The molecule has 0 saturated carbocycles. The van der Waals surface area contributed by atoms with Crippen molar-refractivity contribution in [2.75, 3.05) is 11.9 Å². The summed E-state index contributed by atoms with van der Waals surface area (Å²) in [6.07, 6.45) is 4.31. The molecule has 0 fully saturated rings. The number of carbonyl (C=O) groups excluding carboxylic acids is 1. The van der Waals surface area contributed by atoms with Gasteiger partial charge in [-0.15, -0.1) is 0 Å². The monoisotopic (exact) mass is 295 g/mol. The van der Waals surface area contributed by atoms with Gasteiger partial charge in [-0.25, -0.2) is 0 Å². The van der Waals surface area contributed by atoms with E-state index in [-0.39, 0.29) is 5.91 Å². The molecule has 2 rings (SSSR count). The Hall–Kier alpha value is -2.55. The van der Waals surface area contributed by atoms with E-state index < -0.39 is 0 Å². The number of ether oxygens (including phenoxy) is 1. The first-order valence-electron chi connectivity index (χ1n) is 7.52. The fourth-order valence-corrected chi connectivity index (χ4v) is 2.02. The largest absolute Gasteiger partial charge is 0.494 e. The maximum Gasteiger partial charge on any atom is 0.248 e. The number of amides is 1. The number of aryl methyl sites for hydroxylation is 1. The SMILES string of the molecule is CCOc1ccc(C=CC(=O)Nc2ccc(CC)cc2)cc1. The summed E-state index contributed by atoms with van der Waals surface area (Å²) in [5.74, 6) is 0.693. The van der Waals surface area contributed by atoms with Gasteiger partial charge in [-0.2, -0.15) is 0 Å². The highest BCUT2D eigenvalue weighted by Gasteiger charge is 1.98. The van der Waals surface area contributed by atoms with Crippen LogP contribution in [-0.4, -0.2) is 12.5 Å². The van der Waals surface area contributed by atoms with E-state index in [1.165, 1.54) is 11.6 Å². The molecule has 0 aliphatic rings. The summed E-state index contributed by atoms with van der Waals surface area (Å²) >= 11 is 0. The molecule has 3 heteroatoms. The summed E-state index contributed by atoms with van der Waals surface area (Å²) in [4.78, 5) is 11.9. The van der Waals surface area contributed by atoms with Gasteiger partial charge in [0.1, 0.15) is 5.75 Å². The molecule has 0 saturated heterocycles. The minimum atomic E-state index is -0.141. The molecule has 2 aromatic rings. The highest BCUT2D eigenvalue weighted by Crippen LogP contribution is 2.13. The van der Waals surface area contributed by atoms with Crippen molar-refractivity contribution in [1.29, 1.82) is 0 Å². The molecule has 0 heterocycles. The molecular weight excluding hydrogens is 274 g/mol. The molecule has 1 N–H and O–H groups in total. The Morgan fingerprint density at radius 2 is 1.73 bits per heavy atom. The molecule has 114 valence electrons. The summed E-state index contributed by atoms with van der Waals surface area (Å²) in [7, 11) is 0. The minimum absolute atomic E-state index is 0.141. The number of hydrogen-bond donors (Lipinski definition) is 1. The van der Waals surface area contributed by atoms with Gasteiger partial charge < -0.3 is 10.1 Å². The van der Waals surface area contributed by atoms with Crippen molar-refractivity contribution < 1.29 is 9.53 Å². The molecule has 1 amide bonds. The lowest BCUT2D eigenvalue weighted by Gasteiger charge is -2.04. The quantitative estimate of drug-likeness (QED) is 0.807. The topological polar surface area (TPSA) is 38.3 Å². The van der Waals surface area contributed by atoms with E-state index in [1.54, 1.807) is 6.08 Å². The lowest BCUT2D eigenvalue weighted by atomic mass is 10.1. The lowest BCUT2D eigenvalue weighted by Crippen LogP contribution is -2.07. The molecular formula is C19H21NO2. The maximum atomic E-state index is 11.9. The third-order valence-corrected chi connectivity index (χ3v) is 3.25. The van der Waals surface area contributed by atoms with Gasteiger partial charge >= 0.3 is 0 Å². The van der Waals surface area contributed by atoms with Crippen LogP contribution in [0.25, 0.3) is 6.08 Å². The van der Waals surface area contributed by atoms with Crippen LogP contribution in [0.5, 0.6) is 5.75 Å².